The van der Waals surface area contributed by atoms with E-state index in [2.05, 4.69) is 0 Å². The van der Waals surface area contributed by atoms with Gasteiger partial charge in [-0.2, -0.15) is 0 Å². The van der Waals surface area contributed by atoms with Crippen LogP contribution in [0.1, 0.15) is 99.3 Å². The van der Waals surface area contributed by atoms with Crippen LogP contribution in [0.4, 0.5) is 0 Å². The molecule has 0 bridgehead atoms. The van der Waals surface area contributed by atoms with Gasteiger partial charge in [-0.15, -0.1) is 0 Å². The summed E-state index contributed by atoms with van der Waals surface area (Å²) in [6.45, 7) is 12.3. The topological polar surface area (TPSA) is 135 Å². The summed E-state index contributed by atoms with van der Waals surface area (Å²) in [5.41, 5.74) is -1.59. The van der Waals surface area contributed by atoms with Crippen molar-refractivity contribution in [2.24, 2.45) is 0 Å². The van der Waals surface area contributed by atoms with Crippen molar-refractivity contribution in [2.45, 2.75) is 136 Å². The zero-order valence-corrected chi connectivity index (χ0v) is 23.5. The molecule has 212 valence electrons. The SMILES string of the molecule is CCn1cc(O)n(C(C)(C)CCCC(O)CCCC(O)CCCC(C)(C)n2c(O)cn(CC)c2=O)c1=O. The molecule has 2 aromatic rings. The number of hydrogen-bond donors (Lipinski definition) is 4. The molecule has 0 aliphatic rings. The normalized spacial score (nSPS) is 14.3. The number of aliphatic hydroxyl groups excluding tert-OH is 2. The highest BCUT2D eigenvalue weighted by Crippen LogP contribution is 2.28. The van der Waals surface area contributed by atoms with Crippen LogP contribution >= 0.6 is 0 Å². The van der Waals surface area contributed by atoms with E-state index in [9.17, 15) is 30.0 Å². The van der Waals surface area contributed by atoms with Crippen LogP contribution in [-0.2, 0) is 24.2 Å². The molecule has 2 rings (SSSR count). The van der Waals surface area contributed by atoms with Crippen LogP contribution in [0.25, 0.3) is 0 Å². The standard InChI is InChI=1S/C27H48N4O6/c1-7-28-18-22(34)30(24(28)36)26(3,4)16-10-14-20(32)12-9-13-21(33)15-11-17-27(5,6)31-23(35)19-29(8-2)25(31)37/h18-21,32-35H,7-17H2,1-6H3. The number of imidazole rings is 2. The first-order valence-corrected chi connectivity index (χ1v) is 13.6. The van der Waals surface area contributed by atoms with Crippen LogP contribution in [-0.4, -0.2) is 50.9 Å². The smallest absolute Gasteiger partial charge is 0.331 e. The summed E-state index contributed by atoms with van der Waals surface area (Å²) in [5.74, 6) is -0.0870. The highest BCUT2D eigenvalue weighted by molar-refractivity contribution is 5.10. The van der Waals surface area contributed by atoms with E-state index in [4.69, 9.17) is 0 Å². The van der Waals surface area contributed by atoms with Gasteiger partial charge in [0, 0.05) is 24.2 Å². The average Bonchev–Trinajstić information content (AvgIpc) is 3.27. The zero-order chi connectivity index (χ0) is 28.0. The van der Waals surface area contributed by atoms with Crippen LogP contribution < -0.4 is 11.4 Å². The summed E-state index contributed by atoms with van der Waals surface area (Å²) >= 11 is 0. The molecule has 2 unspecified atom stereocenters. The Morgan fingerprint density at radius 1 is 0.676 bits per heavy atom. The van der Waals surface area contributed by atoms with Crippen molar-refractivity contribution in [3.63, 3.8) is 0 Å². The van der Waals surface area contributed by atoms with Crippen molar-refractivity contribution in [1.29, 1.82) is 0 Å². The van der Waals surface area contributed by atoms with E-state index >= 15 is 0 Å². The molecule has 37 heavy (non-hydrogen) atoms. The summed E-state index contributed by atoms with van der Waals surface area (Å²) in [4.78, 5) is 25.0. The first-order valence-electron chi connectivity index (χ1n) is 13.6. The zero-order valence-electron chi connectivity index (χ0n) is 23.5. The molecule has 0 saturated carbocycles. The van der Waals surface area contributed by atoms with E-state index in [1.165, 1.54) is 30.7 Å². The molecule has 0 fully saturated rings. The van der Waals surface area contributed by atoms with Crippen LogP contribution in [0.3, 0.4) is 0 Å². The minimum absolute atomic E-state index is 0.0435. The fourth-order valence-corrected chi connectivity index (χ4v) is 5.19. The van der Waals surface area contributed by atoms with Gasteiger partial charge in [0.25, 0.3) is 0 Å². The molecule has 0 spiro atoms. The fourth-order valence-electron chi connectivity index (χ4n) is 5.19. The second kappa shape index (κ2) is 12.9. The van der Waals surface area contributed by atoms with Gasteiger partial charge >= 0.3 is 11.4 Å². The van der Waals surface area contributed by atoms with Gasteiger partial charge in [0.15, 0.2) is 0 Å². The molecule has 10 heteroatoms. The van der Waals surface area contributed by atoms with Crippen LogP contribution in [0.2, 0.25) is 0 Å². The Morgan fingerprint density at radius 2 is 1.00 bits per heavy atom. The van der Waals surface area contributed by atoms with Crippen molar-refractivity contribution in [1.82, 2.24) is 18.3 Å². The molecule has 0 aliphatic heterocycles. The monoisotopic (exact) mass is 524 g/mol. The quantitative estimate of drug-likeness (QED) is 0.266. The second-order valence-electron chi connectivity index (χ2n) is 11.4. The van der Waals surface area contributed by atoms with Crippen molar-refractivity contribution in [3.05, 3.63) is 33.4 Å². The van der Waals surface area contributed by atoms with E-state index in [1.54, 1.807) is 0 Å². The van der Waals surface area contributed by atoms with Crippen molar-refractivity contribution < 1.29 is 20.4 Å². The van der Waals surface area contributed by atoms with Gasteiger partial charge in [-0.1, -0.05) is 0 Å². The summed E-state index contributed by atoms with van der Waals surface area (Å²) in [6, 6.07) is 0. The van der Waals surface area contributed by atoms with Crippen molar-refractivity contribution >= 4 is 0 Å². The van der Waals surface area contributed by atoms with Gasteiger partial charge in [-0.05, 0) is 99.3 Å². The number of nitrogens with zero attached hydrogens (tertiary/aromatic N) is 4. The van der Waals surface area contributed by atoms with Crippen LogP contribution in [0.15, 0.2) is 22.0 Å². The van der Waals surface area contributed by atoms with E-state index in [-0.39, 0.29) is 23.1 Å². The minimum atomic E-state index is -0.563. The molecular weight excluding hydrogens is 476 g/mol. The van der Waals surface area contributed by atoms with Gasteiger partial charge < -0.3 is 20.4 Å². The molecule has 0 saturated heterocycles. The summed E-state index contributed by atoms with van der Waals surface area (Å²) in [6.07, 6.45) is 7.72. The van der Waals surface area contributed by atoms with Gasteiger partial charge in [0.05, 0.1) is 24.6 Å². The molecule has 0 aromatic carbocycles. The van der Waals surface area contributed by atoms with E-state index < -0.39 is 23.3 Å². The third-order valence-corrected chi connectivity index (χ3v) is 7.49. The number of aromatic hydroxyl groups is 2. The number of hydrogen-bond acceptors (Lipinski definition) is 6. The predicted molar refractivity (Wildman–Crippen MR) is 144 cm³/mol. The lowest BCUT2D eigenvalue weighted by Crippen LogP contribution is -2.37. The average molecular weight is 525 g/mol. The highest BCUT2D eigenvalue weighted by Gasteiger charge is 2.28. The molecular formula is C27H48N4O6. The second-order valence-corrected chi connectivity index (χ2v) is 11.4. The molecule has 2 heterocycles. The molecule has 0 aliphatic carbocycles. The van der Waals surface area contributed by atoms with Crippen molar-refractivity contribution in [3.8, 4) is 11.8 Å². The molecule has 0 amide bonds. The number of aromatic nitrogens is 4. The Labute approximate surface area is 219 Å². The third-order valence-electron chi connectivity index (χ3n) is 7.49. The van der Waals surface area contributed by atoms with Gasteiger partial charge in [-0.3, -0.25) is 18.3 Å². The maximum absolute atomic E-state index is 12.5. The molecule has 2 aromatic heterocycles. The lowest BCUT2D eigenvalue weighted by molar-refractivity contribution is 0.116. The molecule has 10 nitrogen and oxygen atoms in total. The van der Waals surface area contributed by atoms with E-state index in [1.807, 2.05) is 41.5 Å². The Morgan fingerprint density at radius 3 is 1.30 bits per heavy atom. The number of aliphatic hydroxyl groups is 2. The Kier molecular flexibility index (Phi) is 10.7. The van der Waals surface area contributed by atoms with Gasteiger partial charge in [-0.25, -0.2) is 9.59 Å². The number of aryl methyl sites for hydroxylation is 2. The largest absolute Gasteiger partial charge is 0.493 e. The predicted octanol–water partition coefficient (Wildman–Crippen LogP) is 3.47. The Bertz CT molecular complexity index is 1020. The van der Waals surface area contributed by atoms with Crippen LogP contribution in [0, 0.1) is 0 Å². The fraction of sp³-hybridized carbons (Fsp3) is 0.778. The summed E-state index contributed by atoms with van der Waals surface area (Å²) in [7, 11) is 0. The first-order chi connectivity index (χ1) is 17.2. The van der Waals surface area contributed by atoms with E-state index in [0.29, 0.717) is 70.9 Å². The maximum Gasteiger partial charge on any atom is 0.331 e. The van der Waals surface area contributed by atoms with E-state index in [0.717, 1.165) is 0 Å². The van der Waals surface area contributed by atoms with Crippen molar-refractivity contribution in [2.75, 3.05) is 0 Å². The summed E-state index contributed by atoms with van der Waals surface area (Å²) in [5, 5.41) is 41.2. The molecule has 0 radical (unpaired) electrons. The lowest BCUT2D eigenvalue weighted by atomic mass is 9.93. The van der Waals surface area contributed by atoms with Gasteiger partial charge in [0.2, 0.25) is 11.8 Å². The Balaban J connectivity index is 1.71. The van der Waals surface area contributed by atoms with Crippen LogP contribution in [0.5, 0.6) is 11.8 Å². The van der Waals surface area contributed by atoms with Gasteiger partial charge in [0.1, 0.15) is 0 Å². The molecule has 4 N–H and O–H groups in total. The third kappa shape index (κ3) is 7.77. The Hall–Kier alpha value is -2.46. The lowest BCUT2D eigenvalue weighted by Gasteiger charge is -2.27. The first kappa shape index (κ1) is 30.8. The maximum atomic E-state index is 12.5. The number of rotatable bonds is 16. The summed E-state index contributed by atoms with van der Waals surface area (Å²) < 4.78 is 5.78. The highest BCUT2D eigenvalue weighted by atomic mass is 16.3. The molecule has 2 atom stereocenters. The minimum Gasteiger partial charge on any atom is -0.493 e.